The lowest BCUT2D eigenvalue weighted by Crippen LogP contribution is -2.64. The Labute approximate surface area is 310 Å². The van der Waals surface area contributed by atoms with E-state index in [0.29, 0.717) is 32.2 Å². The van der Waals surface area contributed by atoms with Crippen molar-refractivity contribution in [1.82, 2.24) is 26.2 Å². The molecular weight excluding hydrogens is 683 g/mol. The number of carbonyl (C=O) groups is 5. The van der Waals surface area contributed by atoms with Crippen molar-refractivity contribution in [3.63, 3.8) is 0 Å². The average Bonchev–Trinajstić information content (AvgIpc) is 3.69. The first kappa shape index (κ1) is 41.4. The molecular formula is C39H61N5O7S. The molecule has 1 heterocycles. The van der Waals surface area contributed by atoms with Gasteiger partial charge in [-0.2, -0.15) is 0 Å². The summed E-state index contributed by atoms with van der Waals surface area (Å²) < 4.78 is 25.9. The van der Waals surface area contributed by atoms with Gasteiger partial charge in [0.2, 0.25) is 17.6 Å². The molecule has 1 aliphatic heterocycles. The second-order valence-corrected chi connectivity index (χ2v) is 19.7. The Morgan fingerprint density at radius 1 is 0.962 bits per heavy atom. The molecule has 0 bridgehead atoms. The van der Waals surface area contributed by atoms with Crippen LogP contribution in [0.25, 0.3) is 0 Å². The minimum Gasteiger partial charge on any atom is -0.346 e. The molecule has 4 N–H and O–H groups in total. The molecule has 0 spiro atoms. The highest BCUT2D eigenvalue weighted by Gasteiger charge is 2.54. The van der Waals surface area contributed by atoms with Crippen molar-refractivity contribution in [2.75, 3.05) is 18.8 Å². The lowest BCUT2D eigenvalue weighted by atomic mass is 9.70. The summed E-state index contributed by atoms with van der Waals surface area (Å²) in [6.07, 6.45) is 17.4. The lowest BCUT2D eigenvalue weighted by Gasteiger charge is -2.44. The number of sulfone groups is 1. The molecule has 3 saturated carbocycles. The zero-order valence-electron chi connectivity index (χ0n) is 31.7. The zero-order chi connectivity index (χ0) is 38.3. The molecule has 1 saturated heterocycles. The highest BCUT2D eigenvalue weighted by molar-refractivity contribution is 7.92. The quantitative estimate of drug-likeness (QED) is 0.119. The van der Waals surface area contributed by atoms with Gasteiger partial charge in [0.15, 0.2) is 9.84 Å². The van der Waals surface area contributed by atoms with Crippen LogP contribution in [0, 0.1) is 29.6 Å². The standard InChI is InChI=1S/C39H61N5O7S/c1-7-9-19-29(31(45)34(47)40-24-8-2)41-33(46)30-28-18-16-17-27(28)25-44(30)35(48)32(38(6)20-12-10-13-21-38)42-36(49)43-39(22-14-11-15-23-39)26-52(50,51)37(3,4)5/h1,8,27-30,32H,2,9-26H2,3-6H3,(H,40,47)(H,41,46)(H2,42,43,49)/t27-,28-,29?,30-,32+/m0/s1. The van der Waals surface area contributed by atoms with Gasteiger partial charge in [0.1, 0.15) is 12.1 Å². The van der Waals surface area contributed by atoms with Gasteiger partial charge in [0.05, 0.1) is 22.1 Å². The average molecular weight is 744 g/mol. The molecule has 0 aromatic rings. The minimum absolute atomic E-state index is 0.0620. The van der Waals surface area contributed by atoms with Crippen molar-refractivity contribution < 1.29 is 32.4 Å². The van der Waals surface area contributed by atoms with Crippen LogP contribution in [-0.2, 0) is 29.0 Å². The number of carbonyl (C=O) groups excluding carboxylic acids is 5. The van der Waals surface area contributed by atoms with Gasteiger partial charge in [-0.15, -0.1) is 18.9 Å². The summed E-state index contributed by atoms with van der Waals surface area (Å²) in [7, 11) is -3.58. The number of nitrogens with one attached hydrogen (secondary N) is 4. The Kier molecular flexibility index (Phi) is 13.7. The number of amides is 5. The van der Waals surface area contributed by atoms with E-state index in [2.05, 4.69) is 33.8 Å². The van der Waals surface area contributed by atoms with E-state index in [1.165, 1.54) is 6.08 Å². The molecule has 4 aliphatic rings. The van der Waals surface area contributed by atoms with Gasteiger partial charge in [0.25, 0.3) is 5.91 Å². The Morgan fingerprint density at radius 2 is 1.60 bits per heavy atom. The summed E-state index contributed by atoms with van der Waals surface area (Å²) in [5, 5.41) is 11.4. The second-order valence-electron chi connectivity index (χ2n) is 16.9. The predicted molar refractivity (Wildman–Crippen MR) is 201 cm³/mol. The lowest BCUT2D eigenvalue weighted by molar-refractivity contribution is -0.145. The molecule has 1 unspecified atom stereocenters. The molecule has 4 fully saturated rings. The highest BCUT2D eigenvalue weighted by Crippen LogP contribution is 2.45. The van der Waals surface area contributed by atoms with Crippen LogP contribution >= 0.6 is 0 Å². The summed E-state index contributed by atoms with van der Waals surface area (Å²) in [6, 6.07) is -3.61. The van der Waals surface area contributed by atoms with Crippen molar-refractivity contribution >= 4 is 39.4 Å². The molecule has 290 valence electrons. The maximum atomic E-state index is 14.9. The Balaban J connectivity index is 1.62. The second kappa shape index (κ2) is 17.2. The van der Waals surface area contributed by atoms with E-state index >= 15 is 0 Å². The zero-order valence-corrected chi connectivity index (χ0v) is 32.5. The highest BCUT2D eigenvalue weighted by atomic mass is 32.2. The maximum Gasteiger partial charge on any atom is 0.315 e. The van der Waals surface area contributed by atoms with Crippen LogP contribution in [-0.4, -0.2) is 90.1 Å². The van der Waals surface area contributed by atoms with Crippen LogP contribution in [0.3, 0.4) is 0 Å². The van der Waals surface area contributed by atoms with Crippen LogP contribution in [0.1, 0.15) is 124 Å². The number of Topliss-reactive ketones (excluding diaryl/α,β-unsaturated/α-hetero) is 1. The number of terminal acetylenes is 1. The van der Waals surface area contributed by atoms with Crippen LogP contribution in [0.2, 0.25) is 0 Å². The summed E-state index contributed by atoms with van der Waals surface area (Å²) >= 11 is 0. The smallest absolute Gasteiger partial charge is 0.315 e. The molecule has 5 atom stereocenters. The fraction of sp³-hybridized carbons (Fsp3) is 0.769. The van der Waals surface area contributed by atoms with Crippen molar-refractivity contribution in [3.05, 3.63) is 12.7 Å². The molecule has 0 aromatic heterocycles. The number of rotatable bonds is 14. The van der Waals surface area contributed by atoms with Gasteiger partial charge in [-0.05, 0) is 83.0 Å². The SMILES string of the molecule is C#CCCC(NC(=O)[C@@H]1[C@H]2CCC[C@H]2CN1C(=O)[C@@H](NC(=O)NC1(CS(=O)(=O)C(C)(C)C)CCCCC1)C1(C)CCCCC1)C(=O)C(=O)NCC=C. The number of likely N-dealkylation sites (tertiary alicyclic amines) is 1. The Hall–Kier alpha value is -3.40. The number of fused-ring (bicyclic) bond motifs is 1. The third-order valence-corrected chi connectivity index (χ3v) is 14.9. The van der Waals surface area contributed by atoms with E-state index in [-0.39, 0.29) is 42.9 Å². The molecule has 13 heteroatoms. The summed E-state index contributed by atoms with van der Waals surface area (Å²) in [4.78, 5) is 70.6. The van der Waals surface area contributed by atoms with Crippen LogP contribution in [0.4, 0.5) is 4.79 Å². The van der Waals surface area contributed by atoms with Crippen LogP contribution in [0.5, 0.6) is 0 Å². The largest absolute Gasteiger partial charge is 0.346 e. The van der Waals surface area contributed by atoms with E-state index in [1.54, 1.807) is 25.7 Å². The van der Waals surface area contributed by atoms with Crippen LogP contribution < -0.4 is 21.3 Å². The first-order valence-electron chi connectivity index (χ1n) is 19.3. The summed E-state index contributed by atoms with van der Waals surface area (Å²) in [5.41, 5.74) is -1.56. The normalized spacial score (nSPS) is 25.1. The van der Waals surface area contributed by atoms with Gasteiger partial charge in [-0.3, -0.25) is 19.2 Å². The fourth-order valence-corrected chi connectivity index (χ4v) is 10.4. The maximum absolute atomic E-state index is 14.9. The number of urea groups is 1. The summed E-state index contributed by atoms with van der Waals surface area (Å²) in [5.74, 6) is -0.313. The van der Waals surface area contributed by atoms with Gasteiger partial charge in [-0.25, -0.2) is 13.2 Å². The van der Waals surface area contributed by atoms with Crippen molar-refractivity contribution in [1.29, 1.82) is 0 Å². The van der Waals surface area contributed by atoms with Gasteiger partial charge in [0, 0.05) is 19.5 Å². The molecule has 4 rings (SSSR count). The van der Waals surface area contributed by atoms with E-state index < -0.39 is 67.3 Å². The molecule has 0 radical (unpaired) electrons. The van der Waals surface area contributed by atoms with Crippen molar-refractivity contribution in [2.45, 2.75) is 152 Å². The third kappa shape index (κ3) is 9.57. The van der Waals surface area contributed by atoms with Crippen molar-refractivity contribution in [2.24, 2.45) is 17.3 Å². The van der Waals surface area contributed by atoms with Crippen LogP contribution in [0.15, 0.2) is 12.7 Å². The number of hydrogen-bond acceptors (Lipinski definition) is 7. The molecule has 12 nitrogen and oxygen atoms in total. The van der Waals surface area contributed by atoms with Crippen molar-refractivity contribution in [3.8, 4) is 12.3 Å². The topological polar surface area (TPSA) is 171 Å². The van der Waals surface area contributed by atoms with Gasteiger partial charge in [-0.1, -0.05) is 57.9 Å². The molecule has 52 heavy (non-hydrogen) atoms. The first-order valence-corrected chi connectivity index (χ1v) is 20.9. The molecule has 5 amide bonds. The Bertz CT molecular complexity index is 1500. The number of ketones is 1. The van der Waals surface area contributed by atoms with E-state index in [0.717, 1.165) is 57.8 Å². The first-order chi connectivity index (χ1) is 24.5. The van der Waals surface area contributed by atoms with Gasteiger partial charge < -0.3 is 26.2 Å². The molecule has 0 aromatic carbocycles. The monoisotopic (exact) mass is 743 g/mol. The van der Waals surface area contributed by atoms with E-state index in [9.17, 15) is 32.4 Å². The fourth-order valence-electron chi connectivity index (χ4n) is 8.90. The van der Waals surface area contributed by atoms with E-state index in [1.807, 2.05) is 6.92 Å². The number of nitrogens with zero attached hydrogens (tertiary/aromatic N) is 1. The predicted octanol–water partition coefficient (Wildman–Crippen LogP) is 3.94. The minimum atomic E-state index is -3.58. The Morgan fingerprint density at radius 3 is 2.19 bits per heavy atom. The van der Waals surface area contributed by atoms with Gasteiger partial charge >= 0.3 is 6.03 Å². The van der Waals surface area contributed by atoms with E-state index in [4.69, 9.17) is 6.42 Å². The number of hydrogen-bond donors (Lipinski definition) is 4. The third-order valence-electron chi connectivity index (χ3n) is 12.1. The summed E-state index contributed by atoms with van der Waals surface area (Å²) in [6.45, 7) is 11.0. The molecule has 3 aliphatic carbocycles.